The predicted octanol–water partition coefficient (Wildman–Crippen LogP) is 2.36. The molecule has 0 spiro atoms. The number of amides is 1. The normalized spacial score (nSPS) is 21.4. The van der Waals surface area contributed by atoms with Gasteiger partial charge in [0.2, 0.25) is 0 Å². The van der Waals surface area contributed by atoms with E-state index in [0.717, 1.165) is 29.3 Å². The summed E-state index contributed by atoms with van der Waals surface area (Å²) in [4.78, 5) is 15.6. The Morgan fingerprint density at radius 2 is 2.14 bits per heavy atom. The SMILES string of the molecule is CCCCN1C(O)/C(=C/c2c[nH]c3ccccc23)C(=O)N1C. The maximum absolute atomic E-state index is 12.4. The first-order valence-corrected chi connectivity index (χ1v) is 7.64. The maximum Gasteiger partial charge on any atom is 0.268 e. The van der Waals surface area contributed by atoms with E-state index in [0.29, 0.717) is 12.1 Å². The van der Waals surface area contributed by atoms with Crippen molar-refractivity contribution in [3.05, 3.63) is 41.6 Å². The molecule has 1 aliphatic heterocycles. The summed E-state index contributed by atoms with van der Waals surface area (Å²) < 4.78 is 0. The summed E-state index contributed by atoms with van der Waals surface area (Å²) in [6, 6.07) is 7.92. The van der Waals surface area contributed by atoms with Crippen molar-refractivity contribution in [3.63, 3.8) is 0 Å². The second kappa shape index (κ2) is 5.94. The van der Waals surface area contributed by atoms with Gasteiger partial charge in [0.25, 0.3) is 5.91 Å². The first-order chi connectivity index (χ1) is 10.6. The minimum Gasteiger partial charge on any atom is -0.372 e. The largest absolute Gasteiger partial charge is 0.372 e. The Labute approximate surface area is 129 Å². The van der Waals surface area contributed by atoms with Crippen molar-refractivity contribution in [2.75, 3.05) is 13.6 Å². The van der Waals surface area contributed by atoms with Crippen LogP contribution in [-0.2, 0) is 4.79 Å². The van der Waals surface area contributed by atoms with E-state index in [2.05, 4.69) is 11.9 Å². The van der Waals surface area contributed by atoms with Crippen LogP contribution in [0.2, 0.25) is 0 Å². The molecule has 1 amide bonds. The molecule has 2 heterocycles. The number of carbonyl (C=O) groups excluding carboxylic acids is 1. The van der Waals surface area contributed by atoms with E-state index in [1.54, 1.807) is 18.1 Å². The van der Waals surface area contributed by atoms with Crippen LogP contribution >= 0.6 is 0 Å². The zero-order valence-corrected chi connectivity index (χ0v) is 12.9. The highest BCUT2D eigenvalue weighted by molar-refractivity contribution is 6.02. The van der Waals surface area contributed by atoms with Crippen molar-refractivity contribution in [3.8, 4) is 0 Å². The number of unbranched alkanes of at least 4 members (excludes halogenated alkanes) is 1. The third-order valence-corrected chi connectivity index (χ3v) is 4.16. The minimum absolute atomic E-state index is 0.145. The van der Waals surface area contributed by atoms with Gasteiger partial charge in [-0.15, -0.1) is 0 Å². The molecule has 3 rings (SSSR count). The van der Waals surface area contributed by atoms with E-state index >= 15 is 0 Å². The molecule has 5 heteroatoms. The summed E-state index contributed by atoms with van der Waals surface area (Å²) in [6.45, 7) is 2.76. The van der Waals surface area contributed by atoms with Gasteiger partial charge in [-0.3, -0.25) is 9.80 Å². The van der Waals surface area contributed by atoms with Crippen LogP contribution in [0.1, 0.15) is 25.3 Å². The van der Waals surface area contributed by atoms with E-state index in [4.69, 9.17) is 0 Å². The fourth-order valence-electron chi connectivity index (χ4n) is 2.85. The Bertz CT molecular complexity index is 720. The molecule has 1 unspecified atom stereocenters. The summed E-state index contributed by atoms with van der Waals surface area (Å²) >= 11 is 0. The van der Waals surface area contributed by atoms with E-state index in [1.165, 1.54) is 5.01 Å². The monoisotopic (exact) mass is 299 g/mol. The highest BCUT2D eigenvalue weighted by Crippen LogP contribution is 2.27. The predicted molar refractivity (Wildman–Crippen MR) is 86.7 cm³/mol. The highest BCUT2D eigenvalue weighted by Gasteiger charge is 2.38. The number of aliphatic hydroxyl groups excluding tert-OH is 1. The molecule has 1 aliphatic rings. The zero-order valence-electron chi connectivity index (χ0n) is 12.9. The molecule has 1 saturated heterocycles. The van der Waals surface area contributed by atoms with Gasteiger partial charge in [0.1, 0.15) is 0 Å². The van der Waals surface area contributed by atoms with Crippen molar-refractivity contribution in [2.24, 2.45) is 0 Å². The fourth-order valence-corrected chi connectivity index (χ4v) is 2.85. The fraction of sp³-hybridized carbons (Fsp3) is 0.353. The highest BCUT2D eigenvalue weighted by atomic mass is 16.3. The molecule has 2 aromatic rings. The number of rotatable bonds is 4. The van der Waals surface area contributed by atoms with Gasteiger partial charge in [-0.1, -0.05) is 31.5 Å². The first-order valence-electron chi connectivity index (χ1n) is 7.64. The van der Waals surface area contributed by atoms with Crippen LogP contribution in [-0.4, -0.2) is 45.8 Å². The Kier molecular flexibility index (Phi) is 4.00. The lowest BCUT2D eigenvalue weighted by Gasteiger charge is -2.25. The molecular formula is C17H21N3O2. The number of aliphatic hydroxyl groups is 1. The van der Waals surface area contributed by atoms with Crippen LogP contribution in [0.3, 0.4) is 0 Å². The molecule has 0 aliphatic carbocycles. The number of aromatic nitrogens is 1. The summed E-state index contributed by atoms with van der Waals surface area (Å²) in [5.74, 6) is -0.145. The number of hydrogen-bond acceptors (Lipinski definition) is 3. The van der Waals surface area contributed by atoms with Gasteiger partial charge >= 0.3 is 0 Å². The Balaban J connectivity index is 1.95. The number of benzene rings is 1. The summed E-state index contributed by atoms with van der Waals surface area (Å²) in [7, 11) is 1.71. The second-order valence-corrected chi connectivity index (χ2v) is 5.61. The van der Waals surface area contributed by atoms with Crippen LogP contribution in [0.25, 0.3) is 17.0 Å². The number of aromatic amines is 1. The molecular weight excluding hydrogens is 278 g/mol. The molecule has 1 atom stereocenters. The van der Waals surface area contributed by atoms with E-state index in [1.807, 2.05) is 30.5 Å². The molecule has 22 heavy (non-hydrogen) atoms. The number of fused-ring (bicyclic) bond motifs is 1. The minimum atomic E-state index is -0.877. The number of hydrazine groups is 1. The van der Waals surface area contributed by atoms with Crippen LogP contribution in [0.4, 0.5) is 0 Å². The number of nitrogens with zero attached hydrogens (tertiary/aromatic N) is 2. The number of carbonyl (C=O) groups is 1. The van der Waals surface area contributed by atoms with Crippen molar-refractivity contribution in [1.82, 2.24) is 15.0 Å². The van der Waals surface area contributed by atoms with Gasteiger partial charge in [0, 0.05) is 36.3 Å². The van der Waals surface area contributed by atoms with Gasteiger partial charge < -0.3 is 10.1 Å². The molecule has 0 radical (unpaired) electrons. The van der Waals surface area contributed by atoms with Gasteiger partial charge in [-0.2, -0.15) is 5.01 Å². The quantitative estimate of drug-likeness (QED) is 0.852. The van der Waals surface area contributed by atoms with Gasteiger partial charge in [0.15, 0.2) is 6.23 Å². The third kappa shape index (κ3) is 2.42. The Hall–Kier alpha value is -2.11. The molecule has 1 aromatic carbocycles. The van der Waals surface area contributed by atoms with Crippen molar-refractivity contribution < 1.29 is 9.90 Å². The Morgan fingerprint density at radius 3 is 2.91 bits per heavy atom. The second-order valence-electron chi connectivity index (χ2n) is 5.61. The molecule has 116 valence electrons. The van der Waals surface area contributed by atoms with E-state index in [9.17, 15) is 9.90 Å². The maximum atomic E-state index is 12.4. The lowest BCUT2D eigenvalue weighted by molar-refractivity contribution is -0.139. The number of nitrogens with one attached hydrogen (secondary N) is 1. The summed E-state index contributed by atoms with van der Waals surface area (Å²) in [6.07, 6.45) is 4.74. The first kappa shape index (κ1) is 14.8. The van der Waals surface area contributed by atoms with Crippen molar-refractivity contribution >= 4 is 22.9 Å². The molecule has 5 nitrogen and oxygen atoms in total. The van der Waals surface area contributed by atoms with E-state index in [-0.39, 0.29) is 5.91 Å². The van der Waals surface area contributed by atoms with Gasteiger partial charge in [-0.25, -0.2) is 0 Å². The number of hydrogen-bond donors (Lipinski definition) is 2. The summed E-state index contributed by atoms with van der Waals surface area (Å²) in [5, 5.41) is 14.7. The lowest BCUT2D eigenvalue weighted by atomic mass is 10.1. The number of H-pyrrole nitrogens is 1. The Morgan fingerprint density at radius 1 is 1.36 bits per heavy atom. The zero-order chi connectivity index (χ0) is 15.7. The van der Waals surface area contributed by atoms with Crippen LogP contribution in [0.5, 0.6) is 0 Å². The van der Waals surface area contributed by atoms with Crippen LogP contribution in [0.15, 0.2) is 36.0 Å². The average molecular weight is 299 g/mol. The standard InChI is InChI=1S/C17H21N3O2/c1-3-4-9-20-17(22)14(16(21)19(20)2)10-12-11-18-15-8-6-5-7-13(12)15/h5-8,10-11,17-18,22H,3-4,9H2,1-2H3/b14-10+. The van der Waals surface area contributed by atoms with Crippen LogP contribution < -0.4 is 0 Å². The number of para-hydroxylation sites is 1. The molecule has 2 N–H and O–H groups in total. The molecule has 0 saturated carbocycles. The number of likely N-dealkylation sites (N-methyl/N-ethyl adjacent to an activating group) is 1. The molecule has 1 fully saturated rings. The van der Waals surface area contributed by atoms with Crippen molar-refractivity contribution in [2.45, 2.75) is 26.0 Å². The van der Waals surface area contributed by atoms with Gasteiger partial charge in [-0.05, 0) is 18.6 Å². The topological polar surface area (TPSA) is 59.6 Å². The lowest BCUT2D eigenvalue weighted by Crippen LogP contribution is -2.40. The smallest absolute Gasteiger partial charge is 0.268 e. The summed E-state index contributed by atoms with van der Waals surface area (Å²) in [5.41, 5.74) is 2.36. The average Bonchev–Trinajstić information content (AvgIpc) is 3.02. The molecule has 1 aromatic heterocycles. The molecule has 0 bridgehead atoms. The van der Waals surface area contributed by atoms with Gasteiger partial charge in [0.05, 0.1) is 5.57 Å². The van der Waals surface area contributed by atoms with Crippen LogP contribution in [0, 0.1) is 0 Å². The van der Waals surface area contributed by atoms with E-state index < -0.39 is 6.23 Å². The third-order valence-electron chi connectivity index (χ3n) is 4.16. The van der Waals surface area contributed by atoms with Crippen molar-refractivity contribution in [1.29, 1.82) is 0 Å².